The number of aromatic nitrogens is 1. The molecule has 1 aromatic carbocycles. The molecule has 0 amide bonds. The maximum absolute atomic E-state index is 10.7. The number of aliphatic hydroxyl groups is 1. The van der Waals surface area contributed by atoms with Crippen LogP contribution in [-0.4, -0.2) is 35.7 Å². The molecule has 6 nitrogen and oxygen atoms in total. The predicted molar refractivity (Wildman–Crippen MR) is 129 cm³/mol. The molecule has 0 radical (unpaired) electrons. The van der Waals surface area contributed by atoms with Gasteiger partial charge in [-0.3, -0.25) is 0 Å². The molecule has 0 fully saturated rings. The lowest BCUT2D eigenvalue weighted by atomic mass is 10.0. The van der Waals surface area contributed by atoms with Gasteiger partial charge in [0.2, 0.25) is 0 Å². The van der Waals surface area contributed by atoms with Crippen LogP contribution in [0.1, 0.15) is 36.5 Å². The molecule has 0 saturated heterocycles. The standard InChI is InChI=1S/C22H30N4O2.HI/c1-5-23-21(26-14-22(4,27)20-9-7-16(3)28-20)24-11-10-17-13-25-19-12-15(2)6-8-18(17)19;/h6-9,12-13,25,27H,5,10-11,14H2,1-4H3,(H2,23,24,26);1H. The van der Waals surface area contributed by atoms with Gasteiger partial charge in [-0.15, -0.1) is 24.0 Å². The number of aliphatic imine (C=N–C) groups is 1. The van der Waals surface area contributed by atoms with Crippen LogP contribution in [0.15, 0.2) is 45.9 Å². The maximum atomic E-state index is 10.7. The second-order valence-electron chi connectivity index (χ2n) is 7.42. The van der Waals surface area contributed by atoms with Gasteiger partial charge in [-0.2, -0.15) is 0 Å². The van der Waals surface area contributed by atoms with Crippen molar-refractivity contribution in [1.82, 2.24) is 15.6 Å². The van der Waals surface area contributed by atoms with Crippen molar-refractivity contribution in [3.05, 3.63) is 59.2 Å². The fourth-order valence-corrected chi connectivity index (χ4v) is 3.20. The molecule has 3 aromatic rings. The number of fused-ring (bicyclic) bond motifs is 1. The van der Waals surface area contributed by atoms with Crippen molar-refractivity contribution >= 4 is 40.8 Å². The van der Waals surface area contributed by atoms with E-state index >= 15 is 0 Å². The van der Waals surface area contributed by atoms with E-state index in [4.69, 9.17) is 4.42 Å². The number of nitrogens with one attached hydrogen (secondary N) is 3. The highest BCUT2D eigenvalue weighted by Gasteiger charge is 2.26. The number of halogens is 1. The summed E-state index contributed by atoms with van der Waals surface area (Å²) in [6.07, 6.45) is 2.95. The number of aryl methyl sites for hydroxylation is 2. The lowest BCUT2D eigenvalue weighted by Crippen LogP contribution is -2.39. The van der Waals surface area contributed by atoms with E-state index in [9.17, 15) is 5.11 Å². The van der Waals surface area contributed by atoms with Crippen LogP contribution >= 0.6 is 24.0 Å². The summed E-state index contributed by atoms with van der Waals surface area (Å²) in [6.45, 7) is 9.40. The zero-order chi connectivity index (χ0) is 20.1. The highest BCUT2D eigenvalue weighted by molar-refractivity contribution is 14.0. The van der Waals surface area contributed by atoms with Crippen LogP contribution < -0.4 is 10.6 Å². The maximum Gasteiger partial charge on any atom is 0.191 e. The van der Waals surface area contributed by atoms with Crippen LogP contribution in [-0.2, 0) is 12.0 Å². The van der Waals surface area contributed by atoms with Gasteiger partial charge >= 0.3 is 0 Å². The van der Waals surface area contributed by atoms with Crippen molar-refractivity contribution in [2.45, 2.75) is 39.7 Å². The molecule has 0 bridgehead atoms. The summed E-state index contributed by atoms with van der Waals surface area (Å²) in [5.74, 6) is 1.98. The van der Waals surface area contributed by atoms with E-state index in [2.05, 4.69) is 51.9 Å². The quantitative estimate of drug-likeness (QED) is 0.220. The number of furan rings is 1. The molecule has 2 aromatic heterocycles. The molecule has 4 N–H and O–H groups in total. The van der Waals surface area contributed by atoms with Gasteiger partial charge in [-0.25, -0.2) is 4.99 Å². The lowest BCUT2D eigenvalue weighted by Gasteiger charge is -2.19. The average Bonchev–Trinajstić information content (AvgIpc) is 3.26. The SMILES string of the molecule is CCNC(=NCC(C)(O)c1ccc(C)o1)NCCc1c[nH]c2cc(C)ccc12.I. The molecule has 2 heterocycles. The molecule has 0 aliphatic rings. The third-order valence-electron chi connectivity index (χ3n) is 4.77. The number of H-pyrrole nitrogens is 1. The van der Waals surface area contributed by atoms with Crippen molar-refractivity contribution in [2.24, 2.45) is 4.99 Å². The first-order valence-electron chi connectivity index (χ1n) is 9.77. The topological polar surface area (TPSA) is 85.6 Å². The number of aromatic amines is 1. The minimum absolute atomic E-state index is 0. The Morgan fingerprint density at radius 1 is 1.21 bits per heavy atom. The first-order chi connectivity index (χ1) is 13.4. The lowest BCUT2D eigenvalue weighted by molar-refractivity contribution is 0.0428. The Kier molecular flexibility index (Phi) is 8.15. The predicted octanol–water partition coefficient (Wildman–Crippen LogP) is 4.00. The molecule has 1 unspecified atom stereocenters. The Bertz CT molecular complexity index is 959. The molecule has 0 aliphatic heterocycles. The zero-order valence-electron chi connectivity index (χ0n) is 17.5. The Morgan fingerprint density at radius 2 is 2.00 bits per heavy atom. The van der Waals surface area contributed by atoms with Gasteiger partial charge in [-0.1, -0.05) is 12.1 Å². The minimum atomic E-state index is -1.15. The van der Waals surface area contributed by atoms with E-state index in [-0.39, 0.29) is 30.5 Å². The van der Waals surface area contributed by atoms with Crippen LogP contribution in [0.3, 0.4) is 0 Å². The van der Waals surface area contributed by atoms with Crippen molar-refractivity contribution in [3.63, 3.8) is 0 Å². The molecule has 158 valence electrons. The molecule has 29 heavy (non-hydrogen) atoms. The van der Waals surface area contributed by atoms with Crippen LogP contribution in [0.2, 0.25) is 0 Å². The molecule has 0 spiro atoms. The summed E-state index contributed by atoms with van der Waals surface area (Å²) >= 11 is 0. The molecule has 7 heteroatoms. The first kappa shape index (κ1) is 23.3. The smallest absolute Gasteiger partial charge is 0.191 e. The zero-order valence-corrected chi connectivity index (χ0v) is 19.8. The summed E-state index contributed by atoms with van der Waals surface area (Å²) in [4.78, 5) is 7.88. The van der Waals surface area contributed by atoms with Gasteiger partial charge in [-0.05, 0) is 63.4 Å². The molecule has 1 atom stereocenters. The average molecular weight is 510 g/mol. The van der Waals surface area contributed by atoms with E-state index in [0.717, 1.165) is 25.3 Å². The van der Waals surface area contributed by atoms with Gasteiger partial charge in [0.1, 0.15) is 17.1 Å². The van der Waals surface area contributed by atoms with Gasteiger partial charge in [0.25, 0.3) is 0 Å². The second kappa shape index (κ2) is 10.2. The first-order valence-corrected chi connectivity index (χ1v) is 9.77. The van der Waals surface area contributed by atoms with E-state index in [0.29, 0.717) is 11.7 Å². The monoisotopic (exact) mass is 510 g/mol. The summed E-state index contributed by atoms with van der Waals surface area (Å²) in [5, 5.41) is 18.5. The van der Waals surface area contributed by atoms with E-state index < -0.39 is 5.60 Å². The fourth-order valence-electron chi connectivity index (χ4n) is 3.20. The van der Waals surface area contributed by atoms with Gasteiger partial charge in [0.15, 0.2) is 5.96 Å². The molecule has 0 aliphatic carbocycles. The Labute approximate surface area is 189 Å². The molecule has 0 saturated carbocycles. The highest BCUT2D eigenvalue weighted by Crippen LogP contribution is 2.23. The summed E-state index contributed by atoms with van der Waals surface area (Å²) in [5.41, 5.74) is 2.54. The number of guanidine groups is 1. The normalized spacial score (nSPS) is 13.8. The van der Waals surface area contributed by atoms with Crippen molar-refractivity contribution < 1.29 is 9.52 Å². The highest BCUT2D eigenvalue weighted by atomic mass is 127. The van der Waals surface area contributed by atoms with Crippen LogP contribution in [0.5, 0.6) is 0 Å². The van der Waals surface area contributed by atoms with E-state index in [1.807, 2.05) is 19.9 Å². The minimum Gasteiger partial charge on any atom is -0.463 e. The third-order valence-corrected chi connectivity index (χ3v) is 4.77. The van der Waals surface area contributed by atoms with Crippen molar-refractivity contribution in [3.8, 4) is 0 Å². The number of benzene rings is 1. The second-order valence-corrected chi connectivity index (χ2v) is 7.42. The number of nitrogens with zero attached hydrogens (tertiary/aromatic N) is 1. The molecular formula is C22H31IN4O2. The van der Waals surface area contributed by atoms with Gasteiger partial charge in [0, 0.05) is 30.2 Å². The summed E-state index contributed by atoms with van der Waals surface area (Å²) < 4.78 is 5.56. The van der Waals surface area contributed by atoms with Crippen LogP contribution in [0.4, 0.5) is 0 Å². The number of rotatable bonds is 7. The van der Waals surface area contributed by atoms with Crippen LogP contribution in [0.25, 0.3) is 10.9 Å². The van der Waals surface area contributed by atoms with E-state index in [1.54, 1.807) is 13.0 Å². The number of hydrogen-bond donors (Lipinski definition) is 4. The summed E-state index contributed by atoms with van der Waals surface area (Å²) in [6, 6.07) is 10.1. The van der Waals surface area contributed by atoms with Crippen molar-refractivity contribution in [1.29, 1.82) is 0 Å². The van der Waals surface area contributed by atoms with E-state index in [1.165, 1.54) is 22.0 Å². The largest absolute Gasteiger partial charge is 0.463 e. The fraction of sp³-hybridized carbons (Fsp3) is 0.409. The van der Waals surface area contributed by atoms with Gasteiger partial charge < -0.3 is 25.1 Å². The van der Waals surface area contributed by atoms with Gasteiger partial charge in [0.05, 0.1) is 6.54 Å². The van der Waals surface area contributed by atoms with Crippen LogP contribution in [0, 0.1) is 13.8 Å². The Balaban J connectivity index is 0.00000300. The molecule has 3 rings (SSSR count). The third kappa shape index (κ3) is 5.99. The number of hydrogen-bond acceptors (Lipinski definition) is 3. The Hall–Kier alpha value is -2.00. The van der Waals surface area contributed by atoms with Crippen molar-refractivity contribution in [2.75, 3.05) is 19.6 Å². The molecular weight excluding hydrogens is 479 g/mol. The summed E-state index contributed by atoms with van der Waals surface area (Å²) in [7, 11) is 0. The Morgan fingerprint density at radius 3 is 2.69 bits per heavy atom.